The second kappa shape index (κ2) is 6.23. The van der Waals surface area contributed by atoms with Gasteiger partial charge in [-0.15, -0.1) is 0 Å². The molecule has 0 spiro atoms. The van der Waals surface area contributed by atoms with Gasteiger partial charge in [-0.3, -0.25) is 4.79 Å². The molecule has 0 aliphatic carbocycles. The molecule has 0 saturated carbocycles. The van der Waals surface area contributed by atoms with E-state index in [0.717, 1.165) is 0 Å². The van der Waals surface area contributed by atoms with Crippen LogP contribution >= 0.6 is 0 Å². The predicted octanol–water partition coefficient (Wildman–Crippen LogP) is 2.51. The van der Waals surface area contributed by atoms with Crippen LogP contribution in [-0.4, -0.2) is 18.1 Å². The highest BCUT2D eigenvalue weighted by Crippen LogP contribution is 2.18. The van der Waals surface area contributed by atoms with Crippen molar-refractivity contribution >= 4 is 5.91 Å². The number of ether oxygens (including phenoxy) is 1. The van der Waals surface area contributed by atoms with Crippen molar-refractivity contribution in [3.8, 4) is 5.75 Å². The van der Waals surface area contributed by atoms with Gasteiger partial charge in [0.05, 0.1) is 0 Å². The van der Waals surface area contributed by atoms with Gasteiger partial charge in [0.15, 0.2) is 17.7 Å². The Bertz CT molecular complexity index is 379. The molecule has 0 unspecified atom stereocenters. The van der Waals surface area contributed by atoms with Crippen LogP contribution in [0.15, 0.2) is 24.3 Å². The highest BCUT2D eigenvalue weighted by atomic mass is 19.1. The zero-order valence-corrected chi connectivity index (χ0v) is 10.4. The summed E-state index contributed by atoms with van der Waals surface area (Å²) in [5.74, 6) is -0.563. The van der Waals surface area contributed by atoms with Gasteiger partial charge in [-0.25, -0.2) is 4.39 Å². The molecule has 3 nitrogen and oxygen atoms in total. The molecule has 94 valence electrons. The Morgan fingerprint density at radius 1 is 1.41 bits per heavy atom. The number of para-hydroxylation sites is 1. The van der Waals surface area contributed by atoms with Crippen LogP contribution in [0.5, 0.6) is 5.75 Å². The van der Waals surface area contributed by atoms with Gasteiger partial charge in [-0.05, 0) is 32.4 Å². The summed E-state index contributed by atoms with van der Waals surface area (Å²) in [6, 6.07) is 6.12. The topological polar surface area (TPSA) is 38.3 Å². The van der Waals surface area contributed by atoms with Gasteiger partial charge < -0.3 is 10.1 Å². The average molecular weight is 239 g/mol. The minimum Gasteiger partial charge on any atom is -0.478 e. The van der Waals surface area contributed by atoms with Crippen LogP contribution in [0, 0.1) is 5.82 Å². The van der Waals surface area contributed by atoms with E-state index in [9.17, 15) is 9.18 Å². The molecule has 0 heterocycles. The first-order valence-corrected chi connectivity index (χ1v) is 5.76. The van der Waals surface area contributed by atoms with E-state index in [2.05, 4.69) is 5.32 Å². The minimum atomic E-state index is -0.658. The third kappa shape index (κ3) is 4.06. The Morgan fingerprint density at radius 2 is 2.06 bits per heavy atom. The highest BCUT2D eigenvalue weighted by Gasteiger charge is 2.19. The molecule has 0 radical (unpaired) electrons. The van der Waals surface area contributed by atoms with Crippen LogP contribution in [0.25, 0.3) is 0 Å². The second-order valence-electron chi connectivity index (χ2n) is 4.11. The lowest BCUT2D eigenvalue weighted by atomic mass is 10.2. The van der Waals surface area contributed by atoms with Crippen molar-refractivity contribution in [2.24, 2.45) is 0 Å². The normalized spacial score (nSPS) is 12.3. The van der Waals surface area contributed by atoms with Crippen molar-refractivity contribution < 1.29 is 13.9 Å². The number of carbonyl (C=O) groups is 1. The third-order valence-corrected chi connectivity index (χ3v) is 2.20. The van der Waals surface area contributed by atoms with Crippen LogP contribution in [0.4, 0.5) is 4.39 Å². The fourth-order valence-corrected chi connectivity index (χ4v) is 1.39. The SMILES string of the molecule is CC[C@H](Oc1ccccc1F)C(=O)NC(C)C. The summed E-state index contributed by atoms with van der Waals surface area (Å²) in [5, 5.41) is 2.75. The van der Waals surface area contributed by atoms with Gasteiger partial charge in [-0.1, -0.05) is 19.1 Å². The first kappa shape index (κ1) is 13.5. The summed E-state index contributed by atoms with van der Waals surface area (Å²) in [6.07, 6.45) is -0.165. The van der Waals surface area contributed by atoms with E-state index in [0.29, 0.717) is 6.42 Å². The smallest absolute Gasteiger partial charge is 0.261 e. The van der Waals surface area contributed by atoms with Crippen LogP contribution in [0.3, 0.4) is 0 Å². The molecule has 0 aliphatic heterocycles. The Kier molecular flexibility index (Phi) is 4.94. The summed E-state index contributed by atoms with van der Waals surface area (Å²) >= 11 is 0. The molecule has 1 rings (SSSR count). The summed E-state index contributed by atoms with van der Waals surface area (Å²) in [7, 11) is 0. The molecule has 0 saturated heterocycles. The van der Waals surface area contributed by atoms with E-state index in [4.69, 9.17) is 4.74 Å². The van der Waals surface area contributed by atoms with Gasteiger partial charge in [0.2, 0.25) is 0 Å². The number of benzene rings is 1. The number of carbonyl (C=O) groups excluding carboxylic acids is 1. The molecule has 1 atom stereocenters. The first-order valence-electron chi connectivity index (χ1n) is 5.76. The summed E-state index contributed by atoms with van der Waals surface area (Å²) in [4.78, 5) is 11.7. The van der Waals surface area contributed by atoms with Crippen molar-refractivity contribution in [1.82, 2.24) is 5.32 Å². The quantitative estimate of drug-likeness (QED) is 0.857. The van der Waals surface area contributed by atoms with Crippen molar-refractivity contribution in [2.75, 3.05) is 0 Å². The summed E-state index contributed by atoms with van der Waals surface area (Å²) in [5.41, 5.74) is 0. The average Bonchev–Trinajstić information content (AvgIpc) is 2.27. The fraction of sp³-hybridized carbons (Fsp3) is 0.462. The molecule has 0 aromatic heterocycles. The van der Waals surface area contributed by atoms with Crippen molar-refractivity contribution in [2.45, 2.75) is 39.3 Å². The van der Waals surface area contributed by atoms with Crippen molar-refractivity contribution in [3.63, 3.8) is 0 Å². The Morgan fingerprint density at radius 3 is 2.59 bits per heavy atom. The first-order chi connectivity index (χ1) is 8.04. The number of hydrogen-bond donors (Lipinski definition) is 1. The standard InChI is InChI=1S/C13H18FNO2/c1-4-11(13(16)15-9(2)3)17-12-8-6-5-7-10(12)14/h5-9,11H,4H2,1-3H3,(H,15,16)/t11-/m0/s1. The van der Waals surface area contributed by atoms with E-state index >= 15 is 0 Å². The lowest BCUT2D eigenvalue weighted by Gasteiger charge is -2.18. The Hall–Kier alpha value is -1.58. The lowest BCUT2D eigenvalue weighted by molar-refractivity contribution is -0.128. The number of halogens is 1. The highest BCUT2D eigenvalue weighted by molar-refractivity contribution is 5.81. The fourth-order valence-electron chi connectivity index (χ4n) is 1.39. The van der Waals surface area contributed by atoms with Crippen LogP contribution in [0.2, 0.25) is 0 Å². The molecule has 1 aromatic rings. The van der Waals surface area contributed by atoms with Gasteiger partial charge in [0.25, 0.3) is 5.91 Å². The van der Waals surface area contributed by atoms with Gasteiger partial charge >= 0.3 is 0 Å². The maximum absolute atomic E-state index is 13.4. The predicted molar refractivity (Wildman–Crippen MR) is 64.4 cm³/mol. The molecule has 1 amide bonds. The number of rotatable bonds is 5. The molecule has 0 fully saturated rings. The van der Waals surface area contributed by atoms with E-state index in [1.165, 1.54) is 12.1 Å². The molecular weight excluding hydrogens is 221 g/mol. The van der Waals surface area contributed by atoms with Crippen LogP contribution < -0.4 is 10.1 Å². The monoisotopic (exact) mass is 239 g/mol. The second-order valence-corrected chi connectivity index (χ2v) is 4.11. The van der Waals surface area contributed by atoms with Crippen molar-refractivity contribution in [3.05, 3.63) is 30.1 Å². The van der Waals surface area contributed by atoms with Gasteiger partial charge in [0.1, 0.15) is 0 Å². The molecule has 17 heavy (non-hydrogen) atoms. The zero-order chi connectivity index (χ0) is 12.8. The summed E-state index contributed by atoms with van der Waals surface area (Å²) < 4.78 is 18.7. The van der Waals surface area contributed by atoms with Gasteiger partial charge in [-0.2, -0.15) is 0 Å². The summed E-state index contributed by atoms with van der Waals surface area (Å²) in [6.45, 7) is 5.56. The largest absolute Gasteiger partial charge is 0.478 e. The van der Waals surface area contributed by atoms with E-state index < -0.39 is 11.9 Å². The van der Waals surface area contributed by atoms with Gasteiger partial charge in [0, 0.05) is 6.04 Å². The molecule has 0 bridgehead atoms. The van der Waals surface area contributed by atoms with Crippen LogP contribution in [0.1, 0.15) is 27.2 Å². The van der Waals surface area contributed by atoms with Crippen LogP contribution in [-0.2, 0) is 4.79 Å². The maximum atomic E-state index is 13.4. The molecular formula is C13H18FNO2. The third-order valence-electron chi connectivity index (χ3n) is 2.20. The number of hydrogen-bond acceptors (Lipinski definition) is 2. The molecule has 1 aromatic carbocycles. The maximum Gasteiger partial charge on any atom is 0.261 e. The molecule has 1 N–H and O–H groups in total. The number of nitrogens with one attached hydrogen (secondary N) is 1. The Balaban J connectivity index is 2.70. The van der Waals surface area contributed by atoms with E-state index in [-0.39, 0.29) is 17.7 Å². The molecule has 4 heteroatoms. The van der Waals surface area contributed by atoms with E-state index in [1.807, 2.05) is 20.8 Å². The van der Waals surface area contributed by atoms with E-state index in [1.54, 1.807) is 12.1 Å². The van der Waals surface area contributed by atoms with Crippen molar-refractivity contribution in [1.29, 1.82) is 0 Å². The molecule has 0 aliphatic rings. The zero-order valence-electron chi connectivity index (χ0n) is 10.4. The number of amides is 1. The minimum absolute atomic E-state index is 0.0424. The lowest BCUT2D eigenvalue weighted by Crippen LogP contribution is -2.41. The Labute approximate surface area is 101 Å².